The van der Waals surface area contributed by atoms with Crippen LogP contribution in [0.3, 0.4) is 0 Å². The van der Waals surface area contributed by atoms with Gasteiger partial charge in [0.25, 0.3) is 0 Å². The van der Waals surface area contributed by atoms with E-state index in [-0.39, 0.29) is 17.1 Å². The van der Waals surface area contributed by atoms with Crippen molar-refractivity contribution in [2.24, 2.45) is 0 Å². The predicted molar refractivity (Wildman–Crippen MR) is 155 cm³/mol. The van der Waals surface area contributed by atoms with E-state index < -0.39 is 14.2 Å². The van der Waals surface area contributed by atoms with E-state index in [1.807, 2.05) is 17.8 Å². The highest BCUT2D eigenvalue weighted by atomic mass is 32.2. The molecule has 0 aliphatic rings. The minimum absolute atomic E-state index is 0.00265. The van der Waals surface area contributed by atoms with E-state index >= 15 is 0 Å². The minimum atomic E-state index is -1.24. The molecule has 0 aliphatic heterocycles. The lowest BCUT2D eigenvalue weighted by Gasteiger charge is -2.35. The molecular weight excluding hydrogens is 480 g/mol. The number of carbonyl (C=O) groups is 1. The Balaban J connectivity index is 1.68. The van der Waals surface area contributed by atoms with Crippen LogP contribution in [-0.4, -0.2) is 37.6 Å². The zero-order valence-electron chi connectivity index (χ0n) is 21.6. The van der Waals surface area contributed by atoms with Crippen molar-refractivity contribution in [2.75, 3.05) is 12.4 Å². The van der Waals surface area contributed by atoms with Gasteiger partial charge in [-0.05, 0) is 34.9 Å². The van der Waals surface area contributed by atoms with Crippen molar-refractivity contribution in [1.82, 2.24) is 0 Å². The number of thioether (sulfide) groups is 1. The zero-order valence-corrected chi connectivity index (χ0v) is 23.4. The summed E-state index contributed by atoms with van der Waals surface area (Å²) >= 11 is 1.89. The Hall–Kier alpha value is -2.60. The number of ether oxygens (including phenoxy) is 1. The summed E-state index contributed by atoms with van der Waals surface area (Å²) in [4.78, 5) is 12.0. The molecule has 3 aromatic rings. The second kappa shape index (κ2) is 13.6. The number of carbonyl (C=O) groups excluding carboxylic acids is 1. The lowest BCUT2D eigenvalue weighted by Crippen LogP contribution is -2.26. The number of aliphatic hydroxyl groups excluding tert-OH is 1. The van der Waals surface area contributed by atoms with Gasteiger partial charge in [-0.15, -0.1) is 11.8 Å². The second-order valence-electron chi connectivity index (χ2n) is 10.1. The molecule has 190 valence electrons. The molecule has 3 nitrogen and oxygen atoms in total. The minimum Gasteiger partial charge on any atom is -0.466 e. The summed E-state index contributed by atoms with van der Waals surface area (Å²) < 4.78 is 4.95. The van der Waals surface area contributed by atoms with Gasteiger partial charge in [-0.3, -0.25) is 4.79 Å². The normalized spacial score (nSPS) is 13.0. The van der Waals surface area contributed by atoms with Crippen LogP contribution in [0.15, 0.2) is 103 Å². The molecular formula is C31H38O3SSi. The number of benzene rings is 3. The Labute approximate surface area is 221 Å². The van der Waals surface area contributed by atoms with Crippen LogP contribution in [0.25, 0.3) is 0 Å². The van der Waals surface area contributed by atoms with Gasteiger partial charge in [-0.25, -0.2) is 0 Å². The van der Waals surface area contributed by atoms with Crippen molar-refractivity contribution >= 4 is 25.8 Å². The van der Waals surface area contributed by atoms with Crippen LogP contribution in [0.1, 0.15) is 29.5 Å². The van der Waals surface area contributed by atoms with Crippen LogP contribution in [-0.2, 0) is 14.3 Å². The average molecular weight is 519 g/mol. The van der Waals surface area contributed by atoms with Gasteiger partial charge in [0.05, 0.1) is 23.9 Å². The van der Waals surface area contributed by atoms with Crippen molar-refractivity contribution in [2.45, 2.75) is 49.4 Å². The van der Waals surface area contributed by atoms with Crippen molar-refractivity contribution in [1.29, 1.82) is 0 Å². The Morgan fingerprint density at radius 1 is 0.889 bits per heavy atom. The number of rotatable bonds is 13. The number of allylic oxidation sites excluding steroid dienone is 1. The third-order valence-corrected chi connectivity index (χ3v) is 9.28. The van der Waals surface area contributed by atoms with Crippen molar-refractivity contribution in [3.8, 4) is 0 Å². The molecule has 36 heavy (non-hydrogen) atoms. The Bertz CT molecular complexity index is 982. The fourth-order valence-corrected chi connectivity index (χ4v) is 6.25. The van der Waals surface area contributed by atoms with Gasteiger partial charge in [0.15, 0.2) is 0 Å². The maximum Gasteiger partial charge on any atom is 0.308 e. The molecule has 0 spiro atoms. The van der Waals surface area contributed by atoms with Gasteiger partial charge in [0.2, 0.25) is 0 Å². The van der Waals surface area contributed by atoms with Crippen LogP contribution in [0, 0.1) is 0 Å². The van der Waals surface area contributed by atoms with Crippen LogP contribution in [0.2, 0.25) is 25.7 Å². The van der Waals surface area contributed by atoms with E-state index in [9.17, 15) is 9.90 Å². The van der Waals surface area contributed by atoms with Crippen LogP contribution < -0.4 is 0 Å². The molecule has 0 heterocycles. The van der Waals surface area contributed by atoms with Gasteiger partial charge in [0.1, 0.15) is 0 Å². The zero-order chi connectivity index (χ0) is 25.9. The van der Waals surface area contributed by atoms with Crippen LogP contribution in [0.4, 0.5) is 0 Å². The molecule has 3 rings (SSSR count). The molecule has 0 radical (unpaired) electrons. The standard InChI is InChI=1S/C31H38O3SSi/c1-36(2,3)24-22-34-30(33)25-29(32)21-13-14-23-35-31(26-15-7-4-8-16-26,27-17-9-5-10-18-27)28-19-11-6-12-20-28/h4-13,15-21,29,32H,14,22-25H2,1-3H3/b21-13+. The number of esters is 1. The Morgan fingerprint density at radius 2 is 1.36 bits per heavy atom. The second-order valence-corrected chi connectivity index (χ2v) is 17.1. The highest BCUT2D eigenvalue weighted by Gasteiger charge is 2.36. The topological polar surface area (TPSA) is 46.5 Å². The molecule has 3 aromatic carbocycles. The van der Waals surface area contributed by atoms with Crippen molar-refractivity contribution < 1.29 is 14.6 Å². The number of hydrogen-bond donors (Lipinski definition) is 1. The van der Waals surface area contributed by atoms with E-state index in [2.05, 4.69) is 111 Å². The lowest BCUT2D eigenvalue weighted by atomic mass is 9.84. The molecule has 0 amide bonds. The fourth-order valence-electron chi connectivity index (χ4n) is 4.07. The molecule has 0 bridgehead atoms. The third-order valence-electron chi connectivity index (χ3n) is 5.99. The molecule has 5 heteroatoms. The molecule has 0 fully saturated rings. The summed E-state index contributed by atoms with van der Waals surface area (Å²) in [5.41, 5.74) is 3.70. The predicted octanol–water partition coefficient (Wildman–Crippen LogP) is 7.29. The molecule has 0 aromatic heterocycles. The van der Waals surface area contributed by atoms with Crippen LogP contribution >= 0.6 is 11.8 Å². The maximum atomic E-state index is 12.0. The maximum absolute atomic E-state index is 12.0. The first-order valence-corrected chi connectivity index (χ1v) is 17.3. The molecule has 1 unspecified atom stereocenters. The first-order chi connectivity index (χ1) is 17.3. The summed E-state index contributed by atoms with van der Waals surface area (Å²) in [6, 6.07) is 32.8. The summed E-state index contributed by atoms with van der Waals surface area (Å²) in [6.07, 6.45) is 3.64. The van der Waals surface area contributed by atoms with Gasteiger partial charge in [-0.1, -0.05) is 123 Å². The summed E-state index contributed by atoms with van der Waals surface area (Å²) in [7, 11) is -1.24. The summed E-state index contributed by atoms with van der Waals surface area (Å²) in [6.45, 7) is 7.19. The van der Waals surface area contributed by atoms with E-state index in [0.29, 0.717) is 6.61 Å². The largest absolute Gasteiger partial charge is 0.466 e. The van der Waals surface area contributed by atoms with Gasteiger partial charge < -0.3 is 9.84 Å². The summed E-state index contributed by atoms with van der Waals surface area (Å²) in [5, 5.41) is 10.3. The summed E-state index contributed by atoms with van der Waals surface area (Å²) in [5.74, 6) is 0.513. The smallest absolute Gasteiger partial charge is 0.308 e. The lowest BCUT2D eigenvalue weighted by molar-refractivity contribution is -0.144. The first kappa shape index (κ1) is 28.0. The van der Waals surface area contributed by atoms with E-state index in [0.717, 1.165) is 18.2 Å². The number of hydrogen-bond acceptors (Lipinski definition) is 4. The van der Waals surface area contributed by atoms with Gasteiger partial charge in [-0.2, -0.15) is 0 Å². The monoisotopic (exact) mass is 518 g/mol. The van der Waals surface area contributed by atoms with Crippen LogP contribution in [0.5, 0.6) is 0 Å². The molecule has 0 saturated heterocycles. The van der Waals surface area contributed by atoms with E-state index in [4.69, 9.17) is 4.74 Å². The fraction of sp³-hybridized carbons (Fsp3) is 0.323. The highest BCUT2D eigenvalue weighted by molar-refractivity contribution is 8.00. The SMILES string of the molecule is C[Si](C)(C)CCOC(=O)CC(O)/C=C/CCSC(c1ccccc1)(c1ccccc1)c1ccccc1. The van der Waals surface area contributed by atoms with Gasteiger partial charge in [0, 0.05) is 8.07 Å². The molecule has 0 aliphatic carbocycles. The highest BCUT2D eigenvalue weighted by Crippen LogP contribution is 2.48. The first-order valence-electron chi connectivity index (χ1n) is 12.6. The Morgan fingerprint density at radius 3 is 1.81 bits per heavy atom. The number of aliphatic hydroxyl groups is 1. The molecule has 1 N–H and O–H groups in total. The quantitative estimate of drug-likeness (QED) is 0.0848. The van der Waals surface area contributed by atoms with Crippen molar-refractivity contribution in [3.05, 3.63) is 120 Å². The molecule has 0 saturated carbocycles. The third kappa shape index (κ3) is 8.22. The van der Waals surface area contributed by atoms with E-state index in [1.54, 1.807) is 6.08 Å². The van der Waals surface area contributed by atoms with E-state index in [1.165, 1.54) is 16.7 Å². The molecule has 1 atom stereocenters. The Kier molecular flexibility index (Phi) is 10.6. The van der Waals surface area contributed by atoms with Gasteiger partial charge >= 0.3 is 5.97 Å². The average Bonchev–Trinajstić information content (AvgIpc) is 2.87. The van der Waals surface area contributed by atoms with Crippen molar-refractivity contribution in [3.63, 3.8) is 0 Å².